The largest absolute Gasteiger partial charge is 0.444 e. The SMILES string of the molecule is CC(C)(C)OC(=O)N1CCCCC1COCc1cnccn1. The predicted octanol–water partition coefficient (Wildman–Crippen LogP) is 2.78. The standard InChI is InChI=1S/C16H25N3O3/c1-16(2,3)22-15(20)19-9-5-4-6-14(19)12-21-11-13-10-17-7-8-18-13/h7-8,10,14H,4-6,9,11-12H2,1-3H3. The summed E-state index contributed by atoms with van der Waals surface area (Å²) in [5.41, 5.74) is 0.321. The third-order valence-corrected chi connectivity index (χ3v) is 3.43. The van der Waals surface area contributed by atoms with Gasteiger partial charge >= 0.3 is 6.09 Å². The smallest absolute Gasteiger partial charge is 0.410 e. The highest BCUT2D eigenvalue weighted by Crippen LogP contribution is 2.20. The number of amides is 1. The molecule has 2 heterocycles. The molecule has 0 N–H and O–H groups in total. The molecule has 1 aromatic rings. The van der Waals surface area contributed by atoms with Gasteiger partial charge in [-0.05, 0) is 40.0 Å². The Balaban J connectivity index is 1.85. The maximum Gasteiger partial charge on any atom is 0.410 e. The lowest BCUT2D eigenvalue weighted by Gasteiger charge is -2.36. The number of carbonyl (C=O) groups excluding carboxylic acids is 1. The first-order valence-electron chi connectivity index (χ1n) is 7.78. The van der Waals surface area contributed by atoms with Crippen molar-refractivity contribution in [2.45, 2.75) is 58.3 Å². The molecule has 1 aliphatic rings. The lowest BCUT2D eigenvalue weighted by molar-refractivity contribution is -0.0103. The molecule has 122 valence electrons. The Morgan fingerprint density at radius 3 is 2.86 bits per heavy atom. The van der Waals surface area contributed by atoms with Gasteiger partial charge in [0.15, 0.2) is 0 Å². The van der Waals surface area contributed by atoms with Gasteiger partial charge in [0.2, 0.25) is 0 Å². The summed E-state index contributed by atoms with van der Waals surface area (Å²) in [6, 6.07) is 0.0697. The van der Waals surface area contributed by atoms with Crippen molar-refractivity contribution in [3.63, 3.8) is 0 Å². The van der Waals surface area contributed by atoms with Crippen LogP contribution in [0.25, 0.3) is 0 Å². The number of likely N-dealkylation sites (tertiary alicyclic amines) is 1. The zero-order valence-corrected chi connectivity index (χ0v) is 13.6. The van der Waals surface area contributed by atoms with Gasteiger partial charge in [0.1, 0.15) is 5.60 Å². The highest BCUT2D eigenvalue weighted by molar-refractivity contribution is 5.68. The maximum atomic E-state index is 12.3. The van der Waals surface area contributed by atoms with E-state index in [4.69, 9.17) is 9.47 Å². The van der Waals surface area contributed by atoms with E-state index >= 15 is 0 Å². The maximum absolute atomic E-state index is 12.3. The molecule has 1 aliphatic heterocycles. The molecule has 1 aromatic heterocycles. The number of aromatic nitrogens is 2. The highest BCUT2D eigenvalue weighted by Gasteiger charge is 2.30. The number of hydrogen-bond acceptors (Lipinski definition) is 5. The van der Waals surface area contributed by atoms with E-state index in [1.807, 2.05) is 20.8 Å². The highest BCUT2D eigenvalue weighted by atomic mass is 16.6. The first-order valence-corrected chi connectivity index (χ1v) is 7.78. The molecule has 22 heavy (non-hydrogen) atoms. The Bertz CT molecular complexity index is 473. The summed E-state index contributed by atoms with van der Waals surface area (Å²) in [6.07, 6.45) is 7.78. The van der Waals surface area contributed by atoms with E-state index in [1.165, 1.54) is 0 Å². The summed E-state index contributed by atoms with van der Waals surface area (Å²) in [5.74, 6) is 0. The summed E-state index contributed by atoms with van der Waals surface area (Å²) in [6.45, 7) is 7.29. The normalized spacial score (nSPS) is 19.0. The van der Waals surface area contributed by atoms with E-state index in [1.54, 1.807) is 23.5 Å². The van der Waals surface area contributed by atoms with Crippen LogP contribution < -0.4 is 0 Å². The van der Waals surface area contributed by atoms with Crippen LogP contribution in [0, 0.1) is 0 Å². The summed E-state index contributed by atoms with van der Waals surface area (Å²) in [7, 11) is 0. The molecule has 2 rings (SSSR count). The fraction of sp³-hybridized carbons (Fsp3) is 0.688. The van der Waals surface area contributed by atoms with E-state index < -0.39 is 5.60 Å². The summed E-state index contributed by atoms with van der Waals surface area (Å²) >= 11 is 0. The molecule has 0 aromatic carbocycles. The van der Waals surface area contributed by atoms with E-state index in [2.05, 4.69) is 9.97 Å². The third kappa shape index (κ3) is 5.26. The van der Waals surface area contributed by atoms with Gasteiger partial charge in [-0.1, -0.05) is 0 Å². The van der Waals surface area contributed by atoms with Crippen LogP contribution in [-0.4, -0.2) is 45.8 Å². The monoisotopic (exact) mass is 307 g/mol. The minimum Gasteiger partial charge on any atom is -0.444 e. The molecule has 0 spiro atoms. The van der Waals surface area contributed by atoms with Crippen LogP contribution in [0.2, 0.25) is 0 Å². The number of hydrogen-bond donors (Lipinski definition) is 0. The van der Waals surface area contributed by atoms with E-state index in [9.17, 15) is 4.79 Å². The van der Waals surface area contributed by atoms with Crippen LogP contribution in [0.4, 0.5) is 4.79 Å². The van der Waals surface area contributed by atoms with Gasteiger partial charge in [-0.3, -0.25) is 9.97 Å². The Hall–Kier alpha value is -1.69. The molecular weight excluding hydrogens is 282 g/mol. The third-order valence-electron chi connectivity index (χ3n) is 3.43. The average Bonchev–Trinajstić information content (AvgIpc) is 2.47. The number of rotatable bonds is 4. The minimum absolute atomic E-state index is 0.0697. The molecule has 0 aliphatic carbocycles. The Morgan fingerprint density at radius 2 is 2.18 bits per heavy atom. The second kappa shape index (κ2) is 7.54. The summed E-state index contributed by atoms with van der Waals surface area (Å²) in [4.78, 5) is 22.3. The Kier molecular flexibility index (Phi) is 5.71. The number of ether oxygens (including phenoxy) is 2. The number of piperidine rings is 1. The van der Waals surface area contributed by atoms with Gasteiger partial charge in [-0.25, -0.2) is 4.79 Å². The second-order valence-electron chi connectivity index (χ2n) is 6.54. The first-order chi connectivity index (χ1) is 10.5. The minimum atomic E-state index is -0.473. The summed E-state index contributed by atoms with van der Waals surface area (Å²) in [5, 5.41) is 0. The van der Waals surface area contributed by atoms with Crippen molar-refractivity contribution in [3.8, 4) is 0 Å². The van der Waals surface area contributed by atoms with Gasteiger partial charge in [0.05, 0.1) is 31.1 Å². The van der Waals surface area contributed by atoms with Gasteiger partial charge in [-0.2, -0.15) is 0 Å². The van der Waals surface area contributed by atoms with Crippen molar-refractivity contribution in [2.75, 3.05) is 13.2 Å². The fourth-order valence-corrected chi connectivity index (χ4v) is 2.44. The molecular formula is C16H25N3O3. The predicted molar refractivity (Wildman–Crippen MR) is 82.3 cm³/mol. The first kappa shape index (κ1) is 16.7. The van der Waals surface area contributed by atoms with Crippen molar-refractivity contribution in [1.82, 2.24) is 14.9 Å². The van der Waals surface area contributed by atoms with Crippen LogP contribution in [0.15, 0.2) is 18.6 Å². The molecule has 1 saturated heterocycles. The number of nitrogens with zero attached hydrogens (tertiary/aromatic N) is 3. The van der Waals surface area contributed by atoms with Crippen LogP contribution in [0.3, 0.4) is 0 Å². The van der Waals surface area contributed by atoms with Crippen LogP contribution in [0.5, 0.6) is 0 Å². The van der Waals surface area contributed by atoms with Gasteiger partial charge in [0.25, 0.3) is 0 Å². The molecule has 1 atom stereocenters. The van der Waals surface area contributed by atoms with E-state index in [-0.39, 0.29) is 12.1 Å². The van der Waals surface area contributed by atoms with Crippen LogP contribution in [0.1, 0.15) is 45.7 Å². The van der Waals surface area contributed by atoms with Crippen LogP contribution in [-0.2, 0) is 16.1 Å². The topological polar surface area (TPSA) is 64.5 Å². The van der Waals surface area contributed by atoms with Crippen LogP contribution >= 0.6 is 0 Å². The zero-order valence-electron chi connectivity index (χ0n) is 13.6. The average molecular weight is 307 g/mol. The molecule has 6 nitrogen and oxygen atoms in total. The second-order valence-corrected chi connectivity index (χ2v) is 6.54. The van der Waals surface area contributed by atoms with Crippen molar-refractivity contribution >= 4 is 6.09 Å². The Labute approximate surface area is 131 Å². The fourth-order valence-electron chi connectivity index (χ4n) is 2.44. The quantitative estimate of drug-likeness (QED) is 0.856. The van der Waals surface area contributed by atoms with Gasteiger partial charge in [0, 0.05) is 18.9 Å². The Morgan fingerprint density at radius 1 is 1.36 bits per heavy atom. The van der Waals surface area contributed by atoms with E-state index in [0.717, 1.165) is 31.5 Å². The van der Waals surface area contributed by atoms with E-state index in [0.29, 0.717) is 13.2 Å². The van der Waals surface area contributed by atoms with Crippen molar-refractivity contribution in [3.05, 3.63) is 24.3 Å². The zero-order chi connectivity index (χ0) is 16.0. The molecule has 0 radical (unpaired) electrons. The molecule has 1 fully saturated rings. The molecule has 1 unspecified atom stereocenters. The van der Waals surface area contributed by atoms with Crippen molar-refractivity contribution < 1.29 is 14.3 Å². The van der Waals surface area contributed by atoms with Crippen molar-refractivity contribution in [2.24, 2.45) is 0 Å². The van der Waals surface area contributed by atoms with Gasteiger partial charge < -0.3 is 14.4 Å². The molecule has 0 saturated carbocycles. The number of carbonyl (C=O) groups is 1. The molecule has 6 heteroatoms. The lowest BCUT2D eigenvalue weighted by atomic mass is 10.0. The summed E-state index contributed by atoms with van der Waals surface area (Å²) < 4.78 is 11.2. The molecule has 0 bridgehead atoms. The van der Waals surface area contributed by atoms with Gasteiger partial charge in [-0.15, -0.1) is 0 Å². The molecule has 1 amide bonds. The van der Waals surface area contributed by atoms with Crippen molar-refractivity contribution in [1.29, 1.82) is 0 Å². The lowest BCUT2D eigenvalue weighted by Crippen LogP contribution is -2.48.